The molecule has 0 saturated carbocycles. The van der Waals surface area contributed by atoms with Crippen molar-refractivity contribution in [3.05, 3.63) is 29.3 Å². The smallest absolute Gasteiger partial charge is 0.226 e. The van der Waals surface area contributed by atoms with Crippen LogP contribution in [0.15, 0.2) is 18.2 Å². The van der Waals surface area contributed by atoms with Crippen molar-refractivity contribution in [1.29, 1.82) is 0 Å². The average Bonchev–Trinajstić information content (AvgIpc) is 3.09. The Bertz CT molecular complexity index is 576. The summed E-state index contributed by atoms with van der Waals surface area (Å²) < 4.78 is 5.82. The number of hydrogen-bond acceptors (Lipinski definition) is 4. The zero-order valence-corrected chi connectivity index (χ0v) is 16.1. The van der Waals surface area contributed by atoms with Crippen LogP contribution in [0.4, 0.5) is 0 Å². The van der Waals surface area contributed by atoms with Gasteiger partial charge in [-0.05, 0) is 37.5 Å². The number of nitrogens with one attached hydrogen (secondary N) is 1. The highest BCUT2D eigenvalue weighted by molar-refractivity contribution is 5.85. The van der Waals surface area contributed by atoms with Crippen LogP contribution in [0.3, 0.4) is 0 Å². The number of aryl methyl sites for hydroxylation is 1. The molecule has 2 heterocycles. The third-order valence-corrected chi connectivity index (χ3v) is 5.31. The maximum absolute atomic E-state index is 12.4. The van der Waals surface area contributed by atoms with E-state index in [4.69, 9.17) is 4.74 Å². The Balaban J connectivity index is 0.00000225. The minimum atomic E-state index is 0. The van der Waals surface area contributed by atoms with Gasteiger partial charge in [-0.25, -0.2) is 0 Å². The number of rotatable bonds is 5. The lowest BCUT2D eigenvalue weighted by atomic mass is 10.1. The van der Waals surface area contributed by atoms with E-state index in [1.54, 1.807) is 0 Å². The van der Waals surface area contributed by atoms with Gasteiger partial charge >= 0.3 is 0 Å². The number of halogens is 1. The van der Waals surface area contributed by atoms with Crippen molar-refractivity contribution in [3.8, 4) is 5.75 Å². The molecule has 25 heavy (non-hydrogen) atoms. The molecule has 140 valence electrons. The molecule has 3 rings (SSSR count). The molecular weight excluding hydrogens is 338 g/mol. The molecule has 1 aromatic carbocycles. The molecule has 2 aliphatic rings. The lowest BCUT2D eigenvalue weighted by Crippen LogP contribution is -2.49. The molecule has 1 amide bonds. The van der Waals surface area contributed by atoms with Gasteiger partial charge in [0.25, 0.3) is 0 Å². The van der Waals surface area contributed by atoms with E-state index in [0.29, 0.717) is 19.1 Å². The van der Waals surface area contributed by atoms with Gasteiger partial charge in [-0.2, -0.15) is 0 Å². The maximum Gasteiger partial charge on any atom is 0.226 e. The zero-order valence-electron chi connectivity index (χ0n) is 15.3. The van der Waals surface area contributed by atoms with Crippen molar-refractivity contribution < 1.29 is 9.53 Å². The molecular formula is C19H30ClN3O2. The minimum Gasteiger partial charge on any atom is -0.493 e. The monoisotopic (exact) mass is 367 g/mol. The quantitative estimate of drug-likeness (QED) is 0.864. The molecule has 2 saturated heterocycles. The number of benzene rings is 1. The van der Waals surface area contributed by atoms with Crippen LogP contribution in [0, 0.1) is 13.8 Å². The topological polar surface area (TPSA) is 44.8 Å². The van der Waals surface area contributed by atoms with Gasteiger partial charge in [-0.3, -0.25) is 9.69 Å². The summed E-state index contributed by atoms with van der Waals surface area (Å²) >= 11 is 0. The Hall–Kier alpha value is -1.30. The van der Waals surface area contributed by atoms with Gasteiger partial charge in [0.15, 0.2) is 0 Å². The van der Waals surface area contributed by atoms with Crippen LogP contribution in [-0.4, -0.2) is 67.6 Å². The molecule has 2 aliphatic heterocycles. The Morgan fingerprint density at radius 1 is 1.24 bits per heavy atom. The summed E-state index contributed by atoms with van der Waals surface area (Å²) in [4.78, 5) is 17.0. The first kappa shape index (κ1) is 20.0. The van der Waals surface area contributed by atoms with Crippen LogP contribution in [-0.2, 0) is 4.79 Å². The second kappa shape index (κ2) is 9.41. The van der Waals surface area contributed by atoms with Crippen LogP contribution in [0.1, 0.15) is 24.0 Å². The number of carbonyl (C=O) groups excluding carboxylic acids is 1. The van der Waals surface area contributed by atoms with Gasteiger partial charge in [0.2, 0.25) is 5.91 Å². The highest BCUT2D eigenvalue weighted by Crippen LogP contribution is 2.21. The summed E-state index contributed by atoms with van der Waals surface area (Å²) in [5.41, 5.74) is 2.38. The largest absolute Gasteiger partial charge is 0.493 e. The molecule has 0 radical (unpaired) electrons. The van der Waals surface area contributed by atoms with Crippen molar-refractivity contribution in [3.63, 3.8) is 0 Å². The van der Waals surface area contributed by atoms with E-state index in [1.165, 1.54) is 5.56 Å². The molecule has 1 N–H and O–H groups in total. The SMILES string of the molecule is Cc1cccc(OCCC(=O)N2CCC(N3CCNCC3)C2)c1C.Cl. The van der Waals surface area contributed by atoms with Gasteiger partial charge in [0.1, 0.15) is 5.75 Å². The number of carbonyl (C=O) groups is 1. The van der Waals surface area contributed by atoms with E-state index in [9.17, 15) is 4.79 Å². The van der Waals surface area contributed by atoms with Crippen LogP contribution >= 0.6 is 12.4 Å². The Labute approximate surface area is 157 Å². The molecule has 0 spiro atoms. The molecule has 2 fully saturated rings. The molecule has 0 aliphatic carbocycles. The number of likely N-dealkylation sites (tertiary alicyclic amines) is 1. The summed E-state index contributed by atoms with van der Waals surface area (Å²) in [6.45, 7) is 10.7. The second-order valence-corrected chi connectivity index (χ2v) is 6.86. The van der Waals surface area contributed by atoms with E-state index < -0.39 is 0 Å². The molecule has 6 heteroatoms. The number of ether oxygens (including phenoxy) is 1. The van der Waals surface area contributed by atoms with E-state index >= 15 is 0 Å². The van der Waals surface area contributed by atoms with Crippen LogP contribution in [0.25, 0.3) is 0 Å². The van der Waals surface area contributed by atoms with Crippen LogP contribution in [0.5, 0.6) is 5.75 Å². The first-order valence-electron chi connectivity index (χ1n) is 9.06. The Morgan fingerprint density at radius 3 is 2.76 bits per heavy atom. The van der Waals surface area contributed by atoms with Crippen molar-refractivity contribution in [2.24, 2.45) is 0 Å². The summed E-state index contributed by atoms with van der Waals surface area (Å²) in [5.74, 6) is 1.11. The number of hydrogen-bond donors (Lipinski definition) is 1. The lowest BCUT2D eigenvalue weighted by molar-refractivity contribution is -0.130. The second-order valence-electron chi connectivity index (χ2n) is 6.86. The Morgan fingerprint density at radius 2 is 2.00 bits per heavy atom. The number of piperazine rings is 1. The summed E-state index contributed by atoms with van der Waals surface area (Å²) in [6, 6.07) is 6.59. The van der Waals surface area contributed by atoms with Crippen molar-refractivity contribution in [2.75, 3.05) is 45.9 Å². The van der Waals surface area contributed by atoms with Gasteiger partial charge in [0, 0.05) is 45.3 Å². The predicted octanol–water partition coefficient (Wildman–Crippen LogP) is 2.00. The summed E-state index contributed by atoms with van der Waals surface area (Å²) in [6.07, 6.45) is 1.56. The fraction of sp³-hybridized carbons (Fsp3) is 0.632. The predicted molar refractivity (Wildman–Crippen MR) is 103 cm³/mol. The highest BCUT2D eigenvalue weighted by atomic mass is 35.5. The molecule has 5 nitrogen and oxygen atoms in total. The summed E-state index contributed by atoms with van der Waals surface area (Å²) in [7, 11) is 0. The zero-order chi connectivity index (χ0) is 16.9. The minimum absolute atomic E-state index is 0. The van der Waals surface area contributed by atoms with Gasteiger partial charge in [-0.15, -0.1) is 12.4 Å². The molecule has 1 unspecified atom stereocenters. The lowest BCUT2D eigenvalue weighted by Gasteiger charge is -2.32. The standard InChI is InChI=1S/C19H29N3O2.ClH/c1-15-4-3-5-18(16(15)2)24-13-7-19(23)22-10-6-17(14-22)21-11-8-20-9-12-21;/h3-5,17,20H,6-14H2,1-2H3;1H. The summed E-state index contributed by atoms with van der Waals surface area (Å²) in [5, 5.41) is 3.39. The van der Waals surface area contributed by atoms with Crippen molar-refractivity contribution >= 4 is 18.3 Å². The maximum atomic E-state index is 12.4. The van der Waals surface area contributed by atoms with Gasteiger partial charge in [-0.1, -0.05) is 12.1 Å². The fourth-order valence-corrected chi connectivity index (χ4v) is 3.60. The van der Waals surface area contributed by atoms with Gasteiger partial charge < -0.3 is 15.0 Å². The van der Waals surface area contributed by atoms with Gasteiger partial charge in [0.05, 0.1) is 13.0 Å². The molecule has 0 aromatic heterocycles. The van der Waals surface area contributed by atoms with E-state index in [-0.39, 0.29) is 18.3 Å². The third kappa shape index (κ3) is 5.09. The van der Waals surface area contributed by atoms with Crippen molar-refractivity contribution in [2.45, 2.75) is 32.7 Å². The Kier molecular flexibility index (Phi) is 7.54. The first-order valence-corrected chi connectivity index (χ1v) is 9.06. The molecule has 1 aromatic rings. The highest BCUT2D eigenvalue weighted by Gasteiger charge is 2.30. The molecule has 0 bridgehead atoms. The number of nitrogens with zero attached hydrogens (tertiary/aromatic N) is 2. The van der Waals surface area contributed by atoms with E-state index in [1.807, 2.05) is 17.0 Å². The van der Waals surface area contributed by atoms with Crippen molar-refractivity contribution in [1.82, 2.24) is 15.1 Å². The van der Waals surface area contributed by atoms with E-state index in [2.05, 4.69) is 30.1 Å². The van der Waals surface area contributed by atoms with E-state index in [0.717, 1.165) is 57.0 Å². The average molecular weight is 368 g/mol. The van der Waals surface area contributed by atoms with Crippen LogP contribution in [0.2, 0.25) is 0 Å². The molecule has 1 atom stereocenters. The third-order valence-electron chi connectivity index (χ3n) is 5.31. The first-order chi connectivity index (χ1) is 11.6. The van der Waals surface area contributed by atoms with Crippen LogP contribution < -0.4 is 10.1 Å². The fourth-order valence-electron chi connectivity index (χ4n) is 3.60. The normalized spacial score (nSPS) is 21.0. The number of amides is 1.